The third-order valence-corrected chi connectivity index (χ3v) is 2.21. The second kappa shape index (κ2) is 3.85. The van der Waals surface area contributed by atoms with Gasteiger partial charge in [-0.2, -0.15) is 0 Å². The van der Waals surface area contributed by atoms with Gasteiger partial charge < -0.3 is 10.8 Å². The van der Waals surface area contributed by atoms with E-state index in [1.165, 1.54) is 6.07 Å². The van der Waals surface area contributed by atoms with Gasteiger partial charge in [0, 0.05) is 10.0 Å². The maximum atomic E-state index is 12.6. The van der Waals surface area contributed by atoms with Gasteiger partial charge in [0.05, 0.1) is 0 Å². The first-order valence-electron chi connectivity index (χ1n) is 3.44. The van der Waals surface area contributed by atoms with E-state index in [-0.39, 0.29) is 5.56 Å². The van der Waals surface area contributed by atoms with Gasteiger partial charge in [-0.15, -0.1) is 0 Å². The maximum absolute atomic E-state index is 12.6. The maximum Gasteiger partial charge on any atom is 0.250 e. The Bertz CT molecular complexity index is 343. The predicted molar refractivity (Wildman–Crippen MR) is 48.3 cm³/mol. The van der Waals surface area contributed by atoms with Gasteiger partial charge >= 0.3 is 0 Å². The van der Waals surface area contributed by atoms with Crippen LogP contribution in [0.1, 0.15) is 11.7 Å². The minimum atomic E-state index is -1.41. The van der Waals surface area contributed by atoms with Gasteiger partial charge in [-0.1, -0.05) is 22.0 Å². The van der Waals surface area contributed by atoms with Crippen molar-refractivity contribution in [3.63, 3.8) is 0 Å². The fourth-order valence-electron chi connectivity index (χ4n) is 0.877. The summed E-state index contributed by atoms with van der Waals surface area (Å²) in [5.41, 5.74) is 5.13. The molecule has 0 aliphatic heterocycles. The highest BCUT2D eigenvalue weighted by Gasteiger charge is 2.16. The highest BCUT2D eigenvalue weighted by atomic mass is 79.9. The molecule has 0 saturated heterocycles. The van der Waals surface area contributed by atoms with Crippen LogP contribution >= 0.6 is 15.9 Å². The Morgan fingerprint density at radius 2 is 2.23 bits per heavy atom. The van der Waals surface area contributed by atoms with Crippen molar-refractivity contribution in [3.05, 3.63) is 34.1 Å². The topological polar surface area (TPSA) is 63.3 Å². The van der Waals surface area contributed by atoms with Gasteiger partial charge in [0.2, 0.25) is 0 Å². The first kappa shape index (κ1) is 10.1. The first-order chi connectivity index (χ1) is 6.02. The number of benzene rings is 1. The highest BCUT2D eigenvalue weighted by molar-refractivity contribution is 9.10. The van der Waals surface area contributed by atoms with E-state index in [0.29, 0.717) is 4.47 Å². The third kappa shape index (κ3) is 2.26. The molecule has 0 aromatic heterocycles. The van der Waals surface area contributed by atoms with E-state index in [1.807, 2.05) is 0 Å². The average Bonchev–Trinajstić information content (AvgIpc) is 2.03. The fourth-order valence-corrected chi connectivity index (χ4v) is 1.44. The summed E-state index contributed by atoms with van der Waals surface area (Å²) in [5.74, 6) is -1.32. The number of amides is 1. The predicted octanol–water partition coefficient (Wildman–Crippen LogP) is 1.11. The molecule has 3 N–H and O–H groups in total. The molecule has 70 valence electrons. The largest absolute Gasteiger partial charge is 0.378 e. The average molecular weight is 248 g/mol. The van der Waals surface area contributed by atoms with E-state index in [4.69, 9.17) is 5.73 Å². The SMILES string of the molecule is NC(=O)C(O)c1ccc(F)cc1Br. The quantitative estimate of drug-likeness (QED) is 0.823. The Hall–Kier alpha value is -0.940. The van der Waals surface area contributed by atoms with Crippen molar-refractivity contribution in [2.24, 2.45) is 5.73 Å². The van der Waals surface area contributed by atoms with Crippen LogP contribution in [0, 0.1) is 5.82 Å². The number of carbonyl (C=O) groups is 1. The smallest absolute Gasteiger partial charge is 0.250 e. The van der Waals surface area contributed by atoms with Crippen molar-refractivity contribution < 1.29 is 14.3 Å². The first-order valence-corrected chi connectivity index (χ1v) is 4.24. The number of carbonyl (C=O) groups excluding carboxylic acids is 1. The molecule has 1 amide bonds. The van der Waals surface area contributed by atoms with Crippen molar-refractivity contribution >= 4 is 21.8 Å². The normalized spacial score (nSPS) is 12.5. The number of nitrogens with two attached hydrogens (primary N) is 1. The summed E-state index contributed by atoms with van der Waals surface area (Å²) in [6, 6.07) is 3.60. The summed E-state index contributed by atoms with van der Waals surface area (Å²) >= 11 is 3.01. The lowest BCUT2D eigenvalue weighted by Gasteiger charge is -2.08. The monoisotopic (exact) mass is 247 g/mol. The number of primary amides is 1. The molecular weight excluding hydrogens is 241 g/mol. The van der Waals surface area contributed by atoms with Crippen molar-refractivity contribution in [2.75, 3.05) is 0 Å². The Labute approximate surface area is 82.5 Å². The number of aliphatic hydroxyl groups is 1. The highest BCUT2D eigenvalue weighted by Crippen LogP contribution is 2.23. The van der Waals surface area contributed by atoms with E-state index >= 15 is 0 Å². The van der Waals surface area contributed by atoms with Gasteiger partial charge in [-0.05, 0) is 12.1 Å². The van der Waals surface area contributed by atoms with Crippen LogP contribution < -0.4 is 5.73 Å². The molecule has 1 aromatic rings. The summed E-state index contributed by atoms with van der Waals surface area (Å²) < 4.78 is 12.9. The lowest BCUT2D eigenvalue weighted by molar-refractivity contribution is -0.126. The van der Waals surface area contributed by atoms with Crippen molar-refractivity contribution in [3.8, 4) is 0 Å². The Morgan fingerprint density at radius 1 is 1.62 bits per heavy atom. The molecule has 13 heavy (non-hydrogen) atoms. The molecule has 0 radical (unpaired) electrons. The van der Waals surface area contributed by atoms with Gasteiger partial charge in [0.25, 0.3) is 5.91 Å². The minimum absolute atomic E-state index is 0.258. The molecule has 3 nitrogen and oxygen atoms in total. The molecule has 0 fully saturated rings. The van der Waals surface area contributed by atoms with E-state index in [9.17, 15) is 14.3 Å². The van der Waals surface area contributed by atoms with Crippen LogP contribution in [0.4, 0.5) is 4.39 Å². The van der Waals surface area contributed by atoms with Crippen LogP contribution in [-0.2, 0) is 4.79 Å². The second-order valence-electron chi connectivity index (χ2n) is 2.47. The third-order valence-electron chi connectivity index (χ3n) is 1.53. The second-order valence-corrected chi connectivity index (χ2v) is 3.33. The lowest BCUT2D eigenvalue weighted by Crippen LogP contribution is -2.21. The summed E-state index contributed by atoms with van der Waals surface area (Å²) in [6.07, 6.45) is -1.41. The van der Waals surface area contributed by atoms with Crippen LogP contribution in [0.2, 0.25) is 0 Å². The van der Waals surface area contributed by atoms with Crippen LogP contribution in [-0.4, -0.2) is 11.0 Å². The summed E-state index contributed by atoms with van der Waals surface area (Å²) in [6.45, 7) is 0. The van der Waals surface area contributed by atoms with Crippen LogP contribution in [0.5, 0.6) is 0 Å². The zero-order valence-electron chi connectivity index (χ0n) is 6.50. The van der Waals surface area contributed by atoms with Gasteiger partial charge in [0.1, 0.15) is 5.82 Å². The molecule has 1 aromatic carbocycles. The Morgan fingerprint density at radius 3 is 2.69 bits per heavy atom. The zero-order valence-corrected chi connectivity index (χ0v) is 8.08. The zero-order chi connectivity index (χ0) is 10.0. The van der Waals surface area contributed by atoms with Crippen molar-refractivity contribution in [1.82, 2.24) is 0 Å². The standard InChI is InChI=1S/C8H7BrFNO2/c9-6-3-4(10)1-2-5(6)7(12)8(11)13/h1-3,7,12H,(H2,11,13). The lowest BCUT2D eigenvalue weighted by atomic mass is 10.1. The van der Waals surface area contributed by atoms with Crippen LogP contribution in [0.25, 0.3) is 0 Å². The van der Waals surface area contributed by atoms with Crippen LogP contribution in [0.15, 0.2) is 22.7 Å². The molecule has 0 spiro atoms. The summed E-state index contributed by atoms with van der Waals surface area (Å²) in [7, 11) is 0. The molecule has 1 atom stereocenters. The van der Waals surface area contributed by atoms with Crippen LogP contribution in [0.3, 0.4) is 0 Å². The summed E-state index contributed by atoms with van der Waals surface area (Å²) in [4.78, 5) is 10.6. The number of rotatable bonds is 2. The minimum Gasteiger partial charge on any atom is -0.378 e. The summed E-state index contributed by atoms with van der Waals surface area (Å²) in [5, 5.41) is 9.24. The number of halogens is 2. The van der Waals surface area contributed by atoms with Crippen molar-refractivity contribution in [1.29, 1.82) is 0 Å². The molecule has 0 bridgehead atoms. The molecular formula is C8H7BrFNO2. The number of hydrogen-bond donors (Lipinski definition) is 2. The fraction of sp³-hybridized carbons (Fsp3) is 0.125. The van der Waals surface area contributed by atoms with E-state index in [2.05, 4.69) is 15.9 Å². The molecule has 0 aliphatic carbocycles. The van der Waals surface area contributed by atoms with E-state index in [0.717, 1.165) is 12.1 Å². The van der Waals surface area contributed by atoms with Gasteiger partial charge in [-0.3, -0.25) is 4.79 Å². The van der Waals surface area contributed by atoms with Gasteiger partial charge in [-0.25, -0.2) is 4.39 Å². The Balaban J connectivity index is 3.08. The number of aliphatic hydroxyl groups excluding tert-OH is 1. The molecule has 0 saturated carbocycles. The molecule has 1 unspecified atom stereocenters. The number of hydrogen-bond acceptors (Lipinski definition) is 2. The van der Waals surface area contributed by atoms with Gasteiger partial charge in [0.15, 0.2) is 6.10 Å². The van der Waals surface area contributed by atoms with E-state index < -0.39 is 17.8 Å². The molecule has 0 aliphatic rings. The van der Waals surface area contributed by atoms with Crippen molar-refractivity contribution in [2.45, 2.75) is 6.10 Å². The molecule has 1 rings (SSSR count). The van der Waals surface area contributed by atoms with E-state index in [1.54, 1.807) is 0 Å². The molecule has 0 heterocycles. The Kier molecular flexibility index (Phi) is 3.00. The molecule has 5 heteroatoms.